The number of unbranched alkanes of at least 4 members (excludes halogenated alkanes) is 34. The average molecular weight is 916 g/mol. The highest BCUT2D eigenvalue weighted by atomic mass is 31.2. The Labute approximate surface area is 386 Å². The van der Waals surface area contributed by atoms with Crippen LogP contribution in [0.2, 0.25) is 0 Å². The first-order chi connectivity index (χ1) is 30.6. The Hall–Kier alpha value is -1.78. The summed E-state index contributed by atoms with van der Waals surface area (Å²) in [5.74, 6) is -2.36. The van der Waals surface area contributed by atoms with Gasteiger partial charge in [0.15, 0.2) is 6.10 Å². The first-order valence-corrected chi connectivity index (χ1v) is 27.7. The zero-order valence-corrected chi connectivity index (χ0v) is 41.6. The maximum Gasteiger partial charge on any atom is 0.472 e. The molecule has 0 aromatic heterocycles. The van der Waals surface area contributed by atoms with Gasteiger partial charge < -0.3 is 25.2 Å². The van der Waals surface area contributed by atoms with E-state index in [1.54, 1.807) is 0 Å². The van der Waals surface area contributed by atoms with Gasteiger partial charge in [-0.2, -0.15) is 0 Å². The van der Waals surface area contributed by atoms with Crippen molar-refractivity contribution in [3.8, 4) is 0 Å². The lowest BCUT2D eigenvalue weighted by molar-refractivity contribution is -0.161. The van der Waals surface area contributed by atoms with Crippen LogP contribution in [0.25, 0.3) is 0 Å². The number of esters is 2. The van der Waals surface area contributed by atoms with Crippen LogP contribution in [0.15, 0.2) is 12.2 Å². The molecular weight excluding hydrogens is 818 g/mol. The SMILES string of the molecule is CCCCCCCCC/C=C\CCCCCCCCCC(=O)OC(COC(=O)CCCCCCCCCCCCCCCCCCCCCCC)COP(=O)(O)OCC(N)C(=O)O. The number of allylic oxidation sites excluding steroid dienone is 2. The molecule has 3 atom stereocenters. The van der Waals surface area contributed by atoms with E-state index in [2.05, 4.69) is 30.5 Å². The van der Waals surface area contributed by atoms with E-state index in [9.17, 15) is 23.8 Å². The zero-order chi connectivity index (χ0) is 46.3. The lowest BCUT2D eigenvalue weighted by atomic mass is 10.0. The third-order valence-electron chi connectivity index (χ3n) is 11.8. The first-order valence-electron chi connectivity index (χ1n) is 26.2. The number of hydrogen-bond donors (Lipinski definition) is 3. The van der Waals surface area contributed by atoms with Gasteiger partial charge in [-0.15, -0.1) is 0 Å². The van der Waals surface area contributed by atoms with Gasteiger partial charge in [-0.05, 0) is 38.5 Å². The summed E-state index contributed by atoms with van der Waals surface area (Å²) in [7, 11) is -4.72. The summed E-state index contributed by atoms with van der Waals surface area (Å²) in [6.07, 6.45) is 49.9. The van der Waals surface area contributed by atoms with E-state index < -0.39 is 51.1 Å². The number of aliphatic carboxylic acids is 1. The van der Waals surface area contributed by atoms with Crippen LogP contribution in [0.5, 0.6) is 0 Å². The Morgan fingerprint density at radius 3 is 1.16 bits per heavy atom. The Morgan fingerprint density at radius 1 is 0.476 bits per heavy atom. The standard InChI is InChI=1S/C51H98NO10P/c1-3-5-7-9-11-13-15-17-19-21-23-24-25-27-28-30-32-34-36-38-40-42-49(53)59-44-47(45-60-63(57,58)61-46-48(52)51(55)56)62-50(54)43-41-39-37-35-33-31-29-26-22-20-18-16-14-12-10-8-6-4-2/h20,22,47-48H,3-19,21,23-46,52H2,1-2H3,(H,55,56)(H,57,58)/b22-20-. The monoisotopic (exact) mass is 916 g/mol. The zero-order valence-electron chi connectivity index (χ0n) is 40.7. The number of phosphoric acid groups is 1. The van der Waals surface area contributed by atoms with Crippen LogP contribution in [-0.4, -0.2) is 59.9 Å². The quantitative estimate of drug-likeness (QED) is 0.0229. The van der Waals surface area contributed by atoms with Gasteiger partial charge in [0, 0.05) is 12.8 Å². The number of nitrogens with two attached hydrogens (primary N) is 1. The van der Waals surface area contributed by atoms with Crippen molar-refractivity contribution < 1.29 is 47.5 Å². The molecule has 0 aromatic rings. The highest BCUT2D eigenvalue weighted by molar-refractivity contribution is 7.47. The van der Waals surface area contributed by atoms with Gasteiger partial charge in [0.1, 0.15) is 12.6 Å². The van der Waals surface area contributed by atoms with E-state index in [-0.39, 0.29) is 19.4 Å². The van der Waals surface area contributed by atoms with E-state index in [0.29, 0.717) is 12.8 Å². The number of ether oxygens (including phenoxy) is 2. The lowest BCUT2D eigenvalue weighted by Gasteiger charge is -2.20. The molecule has 3 unspecified atom stereocenters. The van der Waals surface area contributed by atoms with Crippen molar-refractivity contribution in [3.63, 3.8) is 0 Å². The minimum atomic E-state index is -4.72. The van der Waals surface area contributed by atoms with Gasteiger partial charge in [-0.25, -0.2) is 4.57 Å². The van der Waals surface area contributed by atoms with Crippen LogP contribution in [0.4, 0.5) is 0 Å². The molecule has 12 heteroatoms. The summed E-state index contributed by atoms with van der Waals surface area (Å²) in [5.41, 5.74) is 5.35. The molecule has 0 bridgehead atoms. The Balaban J connectivity index is 4.19. The predicted octanol–water partition coefficient (Wildman–Crippen LogP) is 14.8. The van der Waals surface area contributed by atoms with E-state index in [1.165, 1.54) is 180 Å². The predicted molar refractivity (Wildman–Crippen MR) is 259 cm³/mol. The maximum absolute atomic E-state index is 12.7. The van der Waals surface area contributed by atoms with Crippen LogP contribution >= 0.6 is 7.82 Å². The molecule has 0 fully saturated rings. The molecule has 11 nitrogen and oxygen atoms in total. The molecule has 0 aromatic carbocycles. The number of rotatable bonds is 50. The number of carbonyl (C=O) groups is 3. The summed E-state index contributed by atoms with van der Waals surface area (Å²) in [6.45, 7) is 2.86. The molecule has 4 N–H and O–H groups in total. The van der Waals surface area contributed by atoms with Crippen LogP contribution in [-0.2, 0) is 37.5 Å². The fraction of sp³-hybridized carbons (Fsp3) is 0.902. The number of hydrogen-bond acceptors (Lipinski definition) is 9. The molecule has 0 spiro atoms. The van der Waals surface area contributed by atoms with Crippen molar-refractivity contribution in [3.05, 3.63) is 12.2 Å². The average Bonchev–Trinajstić information content (AvgIpc) is 3.26. The Kier molecular flexibility index (Phi) is 45.4. The fourth-order valence-electron chi connectivity index (χ4n) is 7.65. The number of phosphoric ester groups is 1. The molecular formula is C51H98NO10P. The van der Waals surface area contributed by atoms with Crippen molar-refractivity contribution in [1.29, 1.82) is 0 Å². The third kappa shape index (κ3) is 46.5. The second-order valence-electron chi connectivity index (χ2n) is 18.0. The van der Waals surface area contributed by atoms with Crippen molar-refractivity contribution >= 4 is 25.7 Å². The van der Waals surface area contributed by atoms with Gasteiger partial charge in [0.05, 0.1) is 13.2 Å². The van der Waals surface area contributed by atoms with Crippen molar-refractivity contribution in [2.45, 2.75) is 276 Å². The fourth-order valence-corrected chi connectivity index (χ4v) is 8.43. The van der Waals surface area contributed by atoms with E-state index in [4.69, 9.17) is 24.8 Å². The van der Waals surface area contributed by atoms with Crippen molar-refractivity contribution in [1.82, 2.24) is 0 Å². The third-order valence-corrected chi connectivity index (χ3v) is 12.7. The van der Waals surface area contributed by atoms with Gasteiger partial charge in [0.25, 0.3) is 0 Å². The molecule has 0 saturated carbocycles. The number of carboxylic acid groups (broad SMARTS) is 1. The first kappa shape index (κ1) is 61.2. The Bertz CT molecular complexity index is 1120. The Morgan fingerprint density at radius 2 is 0.794 bits per heavy atom. The highest BCUT2D eigenvalue weighted by Gasteiger charge is 2.28. The van der Waals surface area contributed by atoms with Crippen molar-refractivity contribution in [2.75, 3.05) is 19.8 Å². The van der Waals surface area contributed by atoms with Gasteiger partial charge in [0.2, 0.25) is 0 Å². The molecule has 0 rings (SSSR count). The van der Waals surface area contributed by atoms with Gasteiger partial charge >= 0.3 is 25.7 Å². The maximum atomic E-state index is 12.7. The second kappa shape index (κ2) is 46.7. The molecule has 0 aliphatic rings. The van der Waals surface area contributed by atoms with E-state index >= 15 is 0 Å². The molecule has 0 radical (unpaired) electrons. The number of carboxylic acids is 1. The lowest BCUT2D eigenvalue weighted by Crippen LogP contribution is -2.34. The molecule has 0 saturated heterocycles. The van der Waals surface area contributed by atoms with Gasteiger partial charge in [-0.1, -0.05) is 225 Å². The molecule has 0 heterocycles. The molecule has 372 valence electrons. The van der Waals surface area contributed by atoms with Crippen LogP contribution in [0.3, 0.4) is 0 Å². The minimum Gasteiger partial charge on any atom is -0.480 e. The van der Waals surface area contributed by atoms with Gasteiger partial charge in [-0.3, -0.25) is 23.4 Å². The van der Waals surface area contributed by atoms with E-state index in [0.717, 1.165) is 44.9 Å². The van der Waals surface area contributed by atoms with Crippen LogP contribution in [0, 0.1) is 0 Å². The highest BCUT2D eigenvalue weighted by Crippen LogP contribution is 2.43. The summed E-state index contributed by atoms with van der Waals surface area (Å²) in [4.78, 5) is 46.2. The summed E-state index contributed by atoms with van der Waals surface area (Å²) in [6, 6.07) is -1.52. The molecule has 0 aliphatic heterocycles. The van der Waals surface area contributed by atoms with Crippen LogP contribution < -0.4 is 5.73 Å². The smallest absolute Gasteiger partial charge is 0.472 e. The molecule has 63 heavy (non-hydrogen) atoms. The van der Waals surface area contributed by atoms with E-state index in [1.807, 2.05) is 0 Å². The summed E-state index contributed by atoms with van der Waals surface area (Å²) >= 11 is 0. The largest absolute Gasteiger partial charge is 0.480 e. The minimum absolute atomic E-state index is 0.161. The molecule has 0 amide bonds. The van der Waals surface area contributed by atoms with Crippen molar-refractivity contribution in [2.24, 2.45) is 5.73 Å². The number of carbonyl (C=O) groups excluding carboxylic acids is 2. The topological polar surface area (TPSA) is 172 Å². The normalized spacial score (nSPS) is 13.6. The summed E-state index contributed by atoms with van der Waals surface area (Å²) < 4.78 is 32.9. The van der Waals surface area contributed by atoms with Crippen LogP contribution in [0.1, 0.15) is 264 Å². The summed E-state index contributed by atoms with van der Waals surface area (Å²) in [5, 5.41) is 8.92. The second-order valence-corrected chi connectivity index (χ2v) is 19.5. The molecule has 0 aliphatic carbocycles.